The zero-order chi connectivity index (χ0) is 6.27. The summed E-state index contributed by atoms with van der Waals surface area (Å²) in [5, 5.41) is 3.62. The molecule has 1 aliphatic rings. The third-order valence-electron chi connectivity index (χ3n) is 0.898. The number of hydrogen-bond acceptors (Lipinski definition) is 4. The number of carbonyl (C=O) groups is 1. The first-order valence-electron chi connectivity index (χ1n) is 2.30. The van der Waals surface area contributed by atoms with Gasteiger partial charge in [-0.15, -0.1) is 0 Å². The molecule has 0 unspecified atom stereocenters. The smallest absolute Gasteiger partial charge is 0.373 e. The molecule has 1 aromatic heterocycles. The van der Waals surface area contributed by atoms with E-state index in [1.165, 1.54) is 12.3 Å². The number of hydrogen-bond donors (Lipinski definition) is 0. The summed E-state index contributed by atoms with van der Waals surface area (Å²) in [4.78, 5) is 15.7. The normalized spacial score (nSPS) is 14.4. The van der Waals surface area contributed by atoms with Crippen LogP contribution in [0.5, 0.6) is 5.88 Å². The Morgan fingerprint density at radius 2 is 2.56 bits per heavy atom. The van der Waals surface area contributed by atoms with Crippen LogP contribution in [0.3, 0.4) is 0 Å². The standard InChI is InChI=1S/C4H2N2O3/c7-4-8-3-1-2-6(5-3)9-4/h1-2H. The van der Waals surface area contributed by atoms with Crippen molar-refractivity contribution in [2.24, 2.45) is 0 Å². The molecule has 0 N–H and O–H groups in total. The molecule has 0 spiro atoms. The average molecular weight is 126 g/mol. The minimum Gasteiger partial charge on any atom is -0.373 e. The maximum atomic E-state index is 10.3. The van der Waals surface area contributed by atoms with Crippen molar-refractivity contribution in [3.05, 3.63) is 12.3 Å². The maximum Gasteiger partial charge on any atom is 0.542 e. The first-order chi connectivity index (χ1) is 4.34. The van der Waals surface area contributed by atoms with Gasteiger partial charge in [-0.2, -0.15) is 0 Å². The van der Waals surface area contributed by atoms with Crippen molar-refractivity contribution in [2.45, 2.75) is 0 Å². The average Bonchev–Trinajstić information content (AvgIpc) is 2.11. The van der Waals surface area contributed by atoms with Gasteiger partial charge >= 0.3 is 6.16 Å². The number of carbonyl (C=O) groups excluding carboxylic acids is 1. The van der Waals surface area contributed by atoms with Gasteiger partial charge in [0.2, 0.25) is 5.88 Å². The van der Waals surface area contributed by atoms with E-state index in [2.05, 4.69) is 14.7 Å². The summed E-state index contributed by atoms with van der Waals surface area (Å²) in [5.74, 6) is 0.270. The molecule has 5 heteroatoms. The van der Waals surface area contributed by atoms with Crippen LogP contribution in [0.1, 0.15) is 0 Å². The Hall–Kier alpha value is -1.52. The molecular formula is C4H2N2O3. The molecule has 1 aliphatic heterocycles. The molecule has 5 nitrogen and oxygen atoms in total. The van der Waals surface area contributed by atoms with Gasteiger partial charge in [-0.3, -0.25) is 4.84 Å². The molecule has 2 rings (SSSR count). The second-order valence-corrected chi connectivity index (χ2v) is 1.50. The highest BCUT2D eigenvalue weighted by Crippen LogP contribution is 2.08. The summed E-state index contributed by atoms with van der Waals surface area (Å²) in [6.07, 6.45) is 0.741. The highest BCUT2D eigenvalue weighted by atomic mass is 16.8. The quantitative estimate of drug-likeness (QED) is 0.452. The van der Waals surface area contributed by atoms with Crippen molar-refractivity contribution >= 4 is 6.16 Å². The van der Waals surface area contributed by atoms with Gasteiger partial charge in [0.15, 0.2) is 0 Å². The van der Waals surface area contributed by atoms with Crippen LogP contribution in [-0.4, -0.2) is 16.1 Å². The van der Waals surface area contributed by atoms with E-state index in [0.717, 1.165) is 4.85 Å². The minimum atomic E-state index is -0.745. The Morgan fingerprint density at radius 3 is 3.33 bits per heavy atom. The van der Waals surface area contributed by atoms with E-state index >= 15 is 0 Å². The summed E-state index contributed by atoms with van der Waals surface area (Å²) in [5.41, 5.74) is 0. The maximum absolute atomic E-state index is 10.3. The van der Waals surface area contributed by atoms with Crippen molar-refractivity contribution in [1.29, 1.82) is 0 Å². The molecular weight excluding hydrogens is 124 g/mol. The molecule has 46 valence electrons. The lowest BCUT2D eigenvalue weighted by Crippen LogP contribution is -2.27. The Morgan fingerprint density at radius 1 is 1.67 bits per heavy atom. The largest absolute Gasteiger partial charge is 0.542 e. The predicted octanol–water partition coefficient (Wildman–Crippen LogP) is -0.176. The highest BCUT2D eigenvalue weighted by molar-refractivity contribution is 5.64. The molecule has 0 saturated carbocycles. The Bertz CT molecular complexity index is 232. The van der Waals surface area contributed by atoms with E-state index < -0.39 is 6.16 Å². The lowest BCUT2D eigenvalue weighted by Gasteiger charge is -2.04. The lowest BCUT2D eigenvalue weighted by atomic mass is 10.7. The van der Waals surface area contributed by atoms with E-state index in [0.29, 0.717) is 0 Å². The van der Waals surface area contributed by atoms with Crippen LogP contribution in [-0.2, 0) is 0 Å². The van der Waals surface area contributed by atoms with Gasteiger partial charge in [-0.25, -0.2) is 4.79 Å². The lowest BCUT2D eigenvalue weighted by molar-refractivity contribution is 0.0552. The van der Waals surface area contributed by atoms with Gasteiger partial charge in [0.1, 0.15) is 0 Å². The second-order valence-electron chi connectivity index (χ2n) is 1.50. The van der Waals surface area contributed by atoms with E-state index in [-0.39, 0.29) is 5.88 Å². The number of rotatable bonds is 0. The zero-order valence-corrected chi connectivity index (χ0v) is 4.27. The molecule has 2 bridgehead atoms. The van der Waals surface area contributed by atoms with Gasteiger partial charge in [-0.1, -0.05) is 9.94 Å². The van der Waals surface area contributed by atoms with Crippen molar-refractivity contribution < 1.29 is 14.4 Å². The Labute approximate surface area is 49.7 Å². The second kappa shape index (κ2) is 1.25. The molecule has 0 saturated heterocycles. The summed E-state index contributed by atoms with van der Waals surface area (Å²) in [6.45, 7) is 0. The topological polar surface area (TPSA) is 53.4 Å². The molecule has 0 aromatic carbocycles. The fraction of sp³-hybridized carbons (Fsp3) is 0. The SMILES string of the molecule is O=C1Oc2ccn(n2)O1. The van der Waals surface area contributed by atoms with Crippen LogP contribution in [0.25, 0.3) is 0 Å². The third kappa shape index (κ3) is 0.543. The molecule has 0 atom stereocenters. The van der Waals surface area contributed by atoms with Crippen molar-refractivity contribution in [3.8, 4) is 5.88 Å². The van der Waals surface area contributed by atoms with E-state index in [1.54, 1.807) is 0 Å². The van der Waals surface area contributed by atoms with Gasteiger partial charge < -0.3 is 4.74 Å². The van der Waals surface area contributed by atoms with Crippen LogP contribution in [0.4, 0.5) is 4.79 Å². The van der Waals surface area contributed by atoms with Gasteiger partial charge in [-0.05, 0) is 0 Å². The summed E-state index contributed by atoms with van der Waals surface area (Å²) in [7, 11) is 0. The predicted molar refractivity (Wildman–Crippen MR) is 24.8 cm³/mol. The number of ether oxygens (including phenoxy) is 1. The molecule has 2 heterocycles. The Kier molecular flexibility index (Phi) is 0.606. The molecule has 0 aliphatic carbocycles. The highest BCUT2D eigenvalue weighted by Gasteiger charge is 2.16. The molecule has 0 radical (unpaired) electrons. The summed E-state index contributed by atoms with van der Waals surface area (Å²) < 4.78 is 4.44. The fourth-order valence-electron chi connectivity index (χ4n) is 0.577. The summed E-state index contributed by atoms with van der Waals surface area (Å²) in [6, 6.07) is 1.53. The minimum absolute atomic E-state index is 0.270. The van der Waals surface area contributed by atoms with Gasteiger partial charge in [0.05, 0.1) is 6.20 Å². The molecule has 0 fully saturated rings. The van der Waals surface area contributed by atoms with Crippen LogP contribution in [0.2, 0.25) is 0 Å². The Balaban J connectivity index is 2.51. The molecule has 0 amide bonds. The van der Waals surface area contributed by atoms with E-state index in [1.807, 2.05) is 0 Å². The van der Waals surface area contributed by atoms with Crippen LogP contribution < -0.4 is 9.57 Å². The van der Waals surface area contributed by atoms with Crippen molar-refractivity contribution in [3.63, 3.8) is 0 Å². The van der Waals surface area contributed by atoms with Crippen molar-refractivity contribution in [2.75, 3.05) is 0 Å². The fourth-order valence-corrected chi connectivity index (χ4v) is 0.577. The van der Waals surface area contributed by atoms with Gasteiger partial charge in [0, 0.05) is 6.07 Å². The third-order valence-corrected chi connectivity index (χ3v) is 0.898. The molecule has 1 aromatic rings. The number of fused-ring (bicyclic) bond motifs is 2. The number of nitrogens with zero attached hydrogens (tertiary/aromatic N) is 2. The summed E-state index contributed by atoms with van der Waals surface area (Å²) >= 11 is 0. The van der Waals surface area contributed by atoms with Crippen LogP contribution in [0.15, 0.2) is 12.3 Å². The van der Waals surface area contributed by atoms with Crippen LogP contribution in [0, 0.1) is 0 Å². The van der Waals surface area contributed by atoms with Crippen LogP contribution >= 0.6 is 0 Å². The monoisotopic (exact) mass is 126 g/mol. The van der Waals surface area contributed by atoms with Crippen molar-refractivity contribution in [1.82, 2.24) is 9.94 Å². The zero-order valence-electron chi connectivity index (χ0n) is 4.27. The number of aromatic nitrogens is 2. The molecule has 9 heavy (non-hydrogen) atoms. The van der Waals surface area contributed by atoms with E-state index in [4.69, 9.17) is 0 Å². The van der Waals surface area contributed by atoms with E-state index in [9.17, 15) is 4.79 Å². The van der Waals surface area contributed by atoms with Gasteiger partial charge in [0.25, 0.3) is 0 Å². The first-order valence-corrected chi connectivity index (χ1v) is 2.30. The first kappa shape index (κ1) is 4.37.